The summed E-state index contributed by atoms with van der Waals surface area (Å²) in [6, 6.07) is 14.8. The van der Waals surface area contributed by atoms with Crippen LogP contribution in [0.3, 0.4) is 0 Å². The number of hydrogen-bond donors (Lipinski definition) is 0. The van der Waals surface area contributed by atoms with Crippen molar-refractivity contribution in [3.63, 3.8) is 0 Å². The van der Waals surface area contributed by atoms with Crippen molar-refractivity contribution in [1.29, 1.82) is 0 Å². The first-order valence-electron chi connectivity index (χ1n) is 13.5. The number of fused-ring (bicyclic) bond motifs is 3. The molecule has 2 fully saturated rings. The lowest BCUT2D eigenvalue weighted by Crippen LogP contribution is -2.31. The van der Waals surface area contributed by atoms with Crippen LogP contribution in [-0.4, -0.2) is 50.5 Å². The summed E-state index contributed by atoms with van der Waals surface area (Å²) in [7, 11) is 1.80. The fraction of sp³-hybridized carbons (Fsp3) is 0.483. The Labute approximate surface area is 211 Å². The predicted octanol–water partition coefficient (Wildman–Crippen LogP) is 5.32. The molecule has 0 atom stereocenters. The molecule has 1 aliphatic carbocycles. The lowest BCUT2D eigenvalue weighted by atomic mass is 10.0. The third kappa shape index (κ3) is 4.41. The number of nitrogens with zero attached hydrogens (tertiary/aromatic N) is 5. The zero-order chi connectivity index (χ0) is 24.5. The van der Waals surface area contributed by atoms with E-state index < -0.39 is 0 Å². The third-order valence-electron chi connectivity index (χ3n) is 7.98. The van der Waals surface area contributed by atoms with Crippen LogP contribution in [0.25, 0.3) is 33.2 Å². The maximum absolute atomic E-state index is 13.2. The monoisotopic (exact) mass is 485 g/mol. The predicted molar refractivity (Wildman–Crippen MR) is 144 cm³/mol. The molecule has 0 spiro atoms. The molecular formula is C29H35N5O2. The highest BCUT2D eigenvalue weighted by molar-refractivity contribution is 6.02. The smallest absolute Gasteiger partial charge is 0.330 e. The van der Waals surface area contributed by atoms with Gasteiger partial charge in [0.15, 0.2) is 5.65 Å². The molecule has 7 heteroatoms. The molecule has 2 aromatic carbocycles. The summed E-state index contributed by atoms with van der Waals surface area (Å²) < 4.78 is 9.64. The summed E-state index contributed by atoms with van der Waals surface area (Å²) in [4.78, 5) is 15.7. The van der Waals surface area contributed by atoms with Gasteiger partial charge in [0.2, 0.25) is 0 Å². The minimum atomic E-state index is 0.00546. The van der Waals surface area contributed by atoms with Gasteiger partial charge >= 0.3 is 5.69 Å². The molecule has 0 unspecified atom stereocenters. The Bertz CT molecular complexity index is 1410. The Balaban J connectivity index is 1.24. The number of benzene rings is 2. The van der Waals surface area contributed by atoms with Gasteiger partial charge in [0.05, 0.1) is 12.1 Å². The van der Waals surface area contributed by atoms with Crippen LogP contribution >= 0.6 is 0 Å². The van der Waals surface area contributed by atoms with E-state index in [2.05, 4.69) is 51.5 Å². The van der Waals surface area contributed by atoms with E-state index in [1.165, 1.54) is 45.2 Å². The number of imidazole rings is 1. The van der Waals surface area contributed by atoms with Gasteiger partial charge in [0.25, 0.3) is 0 Å². The number of likely N-dealkylation sites (tertiary alicyclic amines) is 1. The van der Waals surface area contributed by atoms with Gasteiger partial charge in [0, 0.05) is 25.0 Å². The molecular weight excluding hydrogens is 450 g/mol. The number of piperidine rings is 1. The minimum Gasteiger partial charge on any atom is -0.494 e. The van der Waals surface area contributed by atoms with Gasteiger partial charge in [0.1, 0.15) is 11.3 Å². The van der Waals surface area contributed by atoms with E-state index in [4.69, 9.17) is 4.74 Å². The quantitative estimate of drug-likeness (QED) is 0.332. The average Bonchev–Trinajstić information content (AvgIpc) is 3.54. The maximum Gasteiger partial charge on any atom is 0.330 e. The van der Waals surface area contributed by atoms with Crippen LogP contribution in [0.2, 0.25) is 0 Å². The van der Waals surface area contributed by atoms with Crippen molar-refractivity contribution in [2.24, 2.45) is 7.05 Å². The van der Waals surface area contributed by atoms with Crippen molar-refractivity contribution < 1.29 is 4.74 Å². The molecule has 0 N–H and O–H groups in total. The summed E-state index contributed by atoms with van der Waals surface area (Å²) in [6.07, 6.45) is 9.52. The molecule has 6 rings (SSSR count). The van der Waals surface area contributed by atoms with E-state index in [9.17, 15) is 4.79 Å². The van der Waals surface area contributed by atoms with Crippen LogP contribution in [0.15, 0.2) is 47.3 Å². The Morgan fingerprint density at radius 2 is 1.67 bits per heavy atom. The first-order chi connectivity index (χ1) is 17.7. The molecule has 188 valence electrons. The van der Waals surface area contributed by atoms with Gasteiger partial charge in [-0.1, -0.05) is 37.5 Å². The molecule has 2 aromatic heterocycles. The summed E-state index contributed by atoms with van der Waals surface area (Å²) in [5, 5.41) is 9.83. The van der Waals surface area contributed by atoms with Crippen LogP contribution in [-0.2, 0) is 7.05 Å². The van der Waals surface area contributed by atoms with Crippen molar-refractivity contribution in [3.05, 3.63) is 52.9 Å². The Hall–Kier alpha value is -3.19. The molecule has 1 saturated carbocycles. The summed E-state index contributed by atoms with van der Waals surface area (Å²) in [5.41, 5.74) is 4.61. The Morgan fingerprint density at radius 1 is 0.917 bits per heavy atom. The van der Waals surface area contributed by atoms with Gasteiger partial charge < -0.3 is 9.64 Å². The van der Waals surface area contributed by atoms with Crippen LogP contribution < -0.4 is 10.4 Å². The fourth-order valence-corrected chi connectivity index (χ4v) is 5.98. The average molecular weight is 486 g/mol. The van der Waals surface area contributed by atoms with Gasteiger partial charge in [-0.2, -0.15) is 0 Å². The molecule has 2 aliphatic rings. The van der Waals surface area contributed by atoms with E-state index in [-0.39, 0.29) is 11.7 Å². The Morgan fingerprint density at radius 3 is 2.44 bits per heavy atom. The highest BCUT2D eigenvalue weighted by Gasteiger charge is 2.25. The first kappa shape index (κ1) is 23.2. The summed E-state index contributed by atoms with van der Waals surface area (Å²) in [5.74, 6) is 0.907. The van der Waals surface area contributed by atoms with E-state index >= 15 is 0 Å². The SMILES string of the molecule is Cn1c(=O)n(C2CCCC2)c2c3cc(-c4ccc(OCCCN5CCCCC5)cc4)ccc3nnc21. The molecule has 7 nitrogen and oxygen atoms in total. The molecule has 4 aromatic rings. The molecule has 3 heterocycles. The largest absolute Gasteiger partial charge is 0.494 e. The third-order valence-corrected chi connectivity index (χ3v) is 7.98. The molecule has 0 amide bonds. The molecule has 0 radical (unpaired) electrons. The standard InChI is InChI=1S/C29H35N5O2/c1-32-28-27(34(29(32)35)23-8-3-4-9-23)25-20-22(12-15-26(25)30-31-28)21-10-13-24(14-11-21)36-19-7-18-33-16-5-2-6-17-33/h10-15,20,23H,2-9,16-19H2,1H3. The van der Waals surface area contributed by atoms with Gasteiger partial charge in [-0.25, -0.2) is 4.79 Å². The number of ether oxygens (including phenoxy) is 1. The molecule has 1 aliphatic heterocycles. The van der Waals surface area contributed by atoms with Crippen LogP contribution in [0.1, 0.15) is 57.4 Å². The molecule has 36 heavy (non-hydrogen) atoms. The second kappa shape index (κ2) is 10.1. The van der Waals surface area contributed by atoms with Crippen molar-refractivity contribution >= 4 is 22.1 Å². The van der Waals surface area contributed by atoms with Crippen molar-refractivity contribution in [2.45, 2.75) is 57.4 Å². The Kier molecular flexibility index (Phi) is 6.48. The van der Waals surface area contributed by atoms with Crippen molar-refractivity contribution in [2.75, 3.05) is 26.2 Å². The minimum absolute atomic E-state index is 0.00546. The lowest BCUT2D eigenvalue weighted by Gasteiger charge is -2.26. The lowest BCUT2D eigenvalue weighted by molar-refractivity contribution is 0.205. The van der Waals surface area contributed by atoms with Crippen molar-refractivity contribution in [3.8, 4) is 16.9 Å². The number of hydrogen-bond acceptors (Lipinski definition) is 5. The van der Waals surface area contributed by atoms with E-state index in [0.717, 1.165) is 65.7 Å². The molecule has 0 bridgehead atoms. The number of aromatic nitrogens is 4. The summed E-state index contributed by atoms with van der Waals surface area (Å²) >= 11 is 0. The van der Waals surface area contributed by atoms with Crippen LogP contribution in [0.5, 0.6) is 5.75 Å². The summed E-state index contributed by atoms with van der Waals surface area (Å²) in [6.45, 7) is 4.34. The normalized spacial score (nSPS) is 17.4. The zero-order valence-electron chi connectivity index (χ0n) is 21.2. The second-order valence-electron chi connectivity index (χ2n) is 10.4. The van der Waals surface area contributed by atoms with Crippen LogP contribution in [0, 0.1) is 0 Å². The van der Waals surface area contributed by atoms with Gasteiger partial charge in [-0.05, 0) is 80.6 Å². The maximum atomic E-state index is 13.2. The van der Waals surface area contributed by atoms with Crippen LogP contribution in [0.4, 0.5) is 0 Å². The van der Waals surface area contributed by atoms with Gasteiger partial charge in [-0.3, -0.25) is 9.13 Å². The fourth-order valence-electron chi connectivity index (χ4n) is 5.98. The van der Waals surface area contributed by atoms with E-state index in [1.54, 1.807) is 11.6 Å². The van der Waals surface area contributed by atoms with E-state index in [0.29, 0.717) is 5.65 Å². The number of rotatable bonds is 7. The number of aryl methyl sites for hydroxylation is 1. The highest BCUT2D eigenvalue weighted by atomic mass is 16.5. The topological polar surface area (TPSA) is 65.2 Å². The van der Waals surface area contributed by atoms with E-state index in [1.807, 2.05) is 10.6 Å². The molecule has 1 saturated heterocycles. The zero-order valence-corrected chi connectivity index (χ0v) is 21.2. The van der Waals surface area contributed by atoms with Gasteiger partial charge in [-0.15, -0.1) is 10.2 Å². The van der Waals surface area contributed by atoms with Crippen molar-refractivity contribution in [1.82, 2.24) is 24.2 Å². The second-order valence-corrected chi connectivity index (χ2v) is 10.4. The highest BCUT2D eigenvalue weighted by Crippen LogP contribution is 2.34. The first-order valence-corrected chi connectivity index (χ1v) is 13.5.